The maximum Gasteiger partial charge on any atom is 4.00 e. The molecule has 4 rings (SSSR count). The molecule has 0 atom stereocenters. The normalized spacial score (nSPS) is 10.9. The van der Waals surface area contributed by atoms with Crippen LogP contribution >= 0.6 is 0 Å². The van der Waals surface area contributed by atoms with E-state index in [0.717, 1.165) is 25.7 Å². The van der Waals surface area contributed by atoms with Gasteiger partial charge in [-0.15, -0.1) is 5.19 Å². The number of hydrogen-bond donors (Lipinski definition) is 0. The first-order valence-corrected chi connectivity index (χ1v) is 20.7. The van der Waals surface area contributed by atoms with Gasteiger partial charge in [-0.1, -0.05) is 162 Å². The Balaban J connectivity index is 0.00000600. The Bertz CT molecular complexity index is 1460. The molecule has 0 nitrogen and oxygen atoms in total. The van der Waals surface area contributed by atoms with Crippen molar-refractivity contribution in [3.05, 3.63) is 110 Å². The van der Waals surface area contributed by atoms with Crippen molar-refractivity contribution in [2.45, 2.75) is 146 Å². The molecule has 0 saturated carbocycles. The van der Waals surface area contributed by atoms with E-state index >= 15 is 0 Å². The molecule has 0 N–H and O–H groups in total. The third-order valence-corrected chi connectivity index (χ3v) is 15.7. The fraction of sp³-hybridized carbons (Fsp3) is 0.489. The second-order valence-electron chi connectivity index (χ2n) is 14.5. The van der Waals surface area contributed by atoms with Crippen LogP contribution in [-0.4, -0.2) is 8.07 Å². The van der Waals surface area contributed by atoms with Gasteiger partial charge in [0.1, 0.15) is 8.07 Å². The van der Waals surface area contributed by atoms with Crippen LogP contribution in [-0.2, 0) is 47.4 Å². The van der Waals surface area contributed by atoms with Gasteiger partial charge in [-0.3, -0.25) is 0 Å². The van der Waals surface area contributed by atoms with Crippen molar-refractivity contribution in [1.82, 2.24) is 0 Å². The Labute approximate surface area is 341 Å². The second-order valence-corrected chi connectivity index (χ2v) is 18.2. The molecule has 4 aromatic carbocycles. The molecule has 0 spiro atoms. The molecular formula is C45H63Cl3SiTi. The number of unbranched alkanes of at least 4 members (excludes halogenated alkanes) is 4. The largest absolute Gasteiger partial charge is 4.00 e. The van der Waals surface area contributed by atoms with Crippen LogP contribution < -0.4 is 58.0 Å². The monoisotopic (exact) mass is 784 g/mol. The summed E-state index contributed by atoms with van der Waals surface area (Å²) in [6, 6.07) is 23.3. The molecule has 0 aliphatic rings. The van der Waals surface area contributed by atoms with Crippen molar-refractivity contribution in [2.24, 2.45) is 0 Å². The average molecular weight is 786 g/mol. The van der Waals surface area contributed by atoms with E-state index in [0.29, 0.717) is 0 Å². The minimum absolute atomic E-state index is 0. The predicted molar refractivity (Wildman–Crippen MR) is 209 cm³/mol. The molecule has 0 unspecified atom stereocenters. The molecule has 5 heteroatoms. The number of aryl methyl sites for hydroxylation is 6. The summed E-state index contributed by atoms with van der Waals surface area (Å²) in [7, 11) is -2.74. The van der Waals surface area contributed by atoms with Crippen LogP contribution in [0.1, 0.15) is 135 Å². The van der Waals surface area contributed by atoms with E-state index in [1.807, 2.05) is 0 Å². The smallest absolute Gasteiger partial charge is 1.00 e. The zero-order valence-electron chi connectivity index (χ0n) is 32.8. The molecule has 0 aliphatic carbocycles. The van der Waals surface area contributed by atoms with Gasteiger partial charge >= 0.3 is 21.7 Å². The van der Waals surface area contributed by atoms with Gasteiger partial charge in [0, 0.05) is 0 Å². The third-order valence-electron chi connectivity index (χ3n) is 10.7. The molecule has 0 fully saturated rings. The molecule has 0 aliphatic heterocycles. The van der Waals surface area contributed by atoms with Crippen LogP contribution in [0.2, 0.25) is 0 Å². The van der Waals surface area contributed by atoms with E-state index in [1.165, 1.54) is 107 Å². The summed E-state index contributed by atoms with van der Waals surface area (Å²) in [6.45, 7) is 23.6. The standard InChI is InChI=1S/C45H63Si.3ClH.Ti/c1-11-15-19-38-26-39(20-16-12-2)29-43(28-38)46(42-24-32(5)23-33(6)25-42,45-36(9)34(7)35(8)37(45)10)44-30-40(21-17-13-3)27-41(31-44)22-18-14-4;;;;/h23-31H,11-22H2,1-10H3;3*1H;/q-1;;;;+4/p-3. The Hall–Kier alpha value is -1.19. The summed E-state index contributed by atoms with van der Waals surface area (Å²) in [6.07, 6.45) is 14.6. The first-order chi connectivity index (χ1) is 22.1. The van der Waals surface area contributed by atoms with Crippen LogP contribution in [0.4, 0.5) is 0 Å². The predicted octanol–water partition coefficient (Wildman–Crippen LogP) is 1.01. The molecular weight excluding hydrogens is 723 g/mol. The minimum atomic E-state index is -2.74. The first kappa shape index (κ1) is 48.8. The quantitative estimate of drug-likeness (QED) is 0.0906. The van der Waals surface area contributed by atoms with E-state index in [9.17, 15) is 0 Å². The van der Waals surface area contributed by atoms with Gasteiger partial charge in [-0.25, -0.2) is 0 Å². The molecule has 0 aromatic heterocycles. The molecule has 0 saturated heterocycles. The van der Waals surface area contributed by atoms with Gasteiger partial charge in [0.25, 0.3) is 0 Å². The summed E-state index contributed by atoms with van der Waals surface area (Å²) in [5, 5.41) is 6.41. The molecule has 0 radical (unpaired) electrons. The van der Waals surface area contributed by atoms with E-state index in [1.54, 1.807) is 20.7 Å². The van der Waals surface area contributed by atoms with Crippen LogP contribution in [0, 0.1) is 41.5 Å². The Kier molecular flexibility index (Phi) is 22.2. The Morgan fingerprint density at radius 1 is 0.420 bits per heavy atom. The van der Waals surface area contributed by atoms with Gasteiger partial charge in [0.05, 0.1) is 0 Å². The maximum atomic E-state index is 2.68. The molecule has 0 bridgehead atoms. The minimum Gasteiger partial charge on any atom is -1.00 e. The van der Waals surface area contributed by atoms with Crippen molar-refractivity contribution in [3.8, 4) is 0 Å². The maximum absolute atomic E-state index is 2.74. The fourth-order valence-corrected chi connectivity index (χ4v) is 13.8. The van der Waals surface area contributed by atoms with Crippen LogP contribution in [0.3, 0.4) is 0 Å². The van der Waals surface area contributed by atoms with E-state index < -0.39 is 8.07 Å². The van der Waals surface area contributed by atoms with Gasteiger partial charge in [-0.05, 0) is 87.5 Å². The molecule has 272 valence electrons. The fourth-order valence-electron chi connectivity index (χ4n) is 7.96. The number of hydrogen-bond acceptors (Lipinski definition) is 0. The summed E-state index contributed by atoms with van der Waals surface area (Å²) in [4.78, 5) is 0. The van der Waals surface area contributed by atoms with Crippen LogP contribution in [0.25, 0.3) is 0 Å². The molecule has 4 aromatic rings. The third kappa shape index (κ3) is 10.9. The van der Waals surface area contributed by atoms with Gasteiger partial charge < -0.3 is 37.2 Å². The molecule has 0 amide bonds. The van der Waals surface area contributed by atoms with E-state index in [4.69, 9.17) is 0 Å². The van der Waals surface area contributed by atoms with Crippen molar-refractivity contribution in [2.75, 3.05) is 0 Å². The van der Waals surface area contributed by atoms with E-state index in [2.05, 4.69) is 124 Å². The topological polar surface area (TPSA) is 0 Å². The van der Waals surface area contributed by atoms with Crippen LogP contribution in [0.5, 0.6) is 0 Å². The van der Waals surface area contributed by atoms with E-state index in [-0.39, 0.29) is 58.9 Å². The van der Waals surface area contributed by atoms with Gasteiger partial charge in [0.2, 0.25) is 0 Å². The van der Waals surface area contributed by atoms with Crippen molar-refractivity contribution < 1.29 is 58.9 Å². The Morgan fingerprint density at radius 2 is 0.700 bits per heavy atom. The summed E-state index contributed by atoms with van der Waals surface area (Å²) in [5.41, 5.74) is 14.9. The summed E-state index contributed by atoms with van der Waals surface area (Å²) < 4.78 is 0. The van der Waals surface area contributed by atoms with Crippen molar-refractivity contribution in [1.29, 1.82) is 0 Å². The molecule has 50 heavy (non-hydrogen) atoms. The summed E-state index contributed by atoms with van der Waals surface area (Å²) >= 11 is 0. The SMILES string of the molecule is CCCCc1cc(CCCC)cc([Si](c2cc(C)cc(C)c2)(c2cc(CCCC)cc(CCCC)c2)[c-]2c(C)c(C)c(C)c2C)c1.[Cl-].[Cl-].[Cl-].[Ti+4]. The number of rotatable bonds is 16. The Morgan fingerprint density at radius 3 is 0.980 bits per heavy atom. The zero-order valence-corrected chi connectivity index (χ0v) is 37.6. The van der Waals surface area contributed by atoms with Gasteiger partial charge in [-0.2, -0.15) is 22.3 Å². The zero-order chi connectivity index (χ0) is 33.4. The average Bonchev–Trinajstić information content (AvgIpc) is 3.23. The summed E-state index contributed by atoms with van der Waals surface area (Å²) in [5.74, 6) is 0. The number of halogens is 3. The second kappa shape index (κ2) is 22.8. The van der Waals surface area contributed by atoms with Gasteiger partial charge in [0.15, 0.2) is 0 Å². The molecule has 0 heterocycles. The van der Waals surface area contributed by atoms with Crippen molar-refractivity contribution >= 4 is 28.8 Å². The van der Waals surface area contributed by atoms with Crippen LogP contribution in [0.15, 0.2) is 54.6 Å². The number of benzene rings is 3. The first-order valence-electron chi connectivity index (χ1n) is 18.7. The van der Waals surface area contributed by atoms with Crippen molar-refractivity contribution in [3.63, 3.8) is 0 Å².